The van der Waals surface area contributed by atoms with Crippen LogP contribution in [0.25, 0.3) is 0 Å². The SMILES string of the molecule is CC1=C2COC=C2CC(=O)C1[C@@H](O)CN1CC2COCC(C1)N2CC(O)c1ccc(C#N)cn1. The number of aliphatic hydroxyl groups excluding tert-OH is 2. The van der Waals surface area contributed by atoms with Gasteiger partial charge in [-0.25, -0.2) is 0 Å². The number of piperazine rings is 1. The first-order chi connectivity index (χ1) is 16.4. The zero-order valence-electron chi connectivity index (χ0n) is 19.3. The second-order valence-corrected chi connectivity index (χ2v) is 9.66. The number of nitrogens with zero attached hydrogens (tertiary/aromatic N) is 4. The number of morpholine rings is 1. The fourth-order valence-corrected chi connectivity index (χ4v) is 5.73. The number of carbonyl (C=O) groups is 1. The quantitative estimate of drug-likeness (QED) is 0.619. The standard InChI is InChI=1S/C25H30N4O5/c1-15-20-14-33-11-17(20)4-22(30)25(15)24(32)9-28-7-18-12-34-13-19(8-28)29(18)10-23(31)21-3-2-16(5-26)6-27-21/h2-3,6,11,18-19,23-25,31-32H,4,7-10,12-14H2,1H3/t18?,19?,23?,24-,25?/m0/s1. The normalized spacial score (nSPS) is 29.2. The van der Waals surface area contributed by atoms with Gasteiger partial charge in [0.1, 0.15) is 24.6 Å². The van der Waals surface area contributed by atoms with Crippen LogP contribution in [0.2, 0.25) is 0 Å². The van der Waals surface area contributed by atoms with Crippen molar-refractivity contribution in [2.24, 2.45) is 5.92 Å². The number of β-amino-alcohol motifs (C(OH)–C–C–N with tert-alkyl or cyclic N) is 1. The molecule has 1 aliphatic carbocycles. The summed E-state index contributed by atoms with van der Waals surface area (Å²) in [5.41, 5.74) is 3.93. The van der Waals surface area contributed by atoms with Crippen LogP contribution in [0.3, 0.4) is 0 Å². The number of aromatic nitrogens is 1. The number of ketones is 1. The van der Waals surface area contributed by atoms with E-state index in [1.54, 1.807) is 18.4 Å². The van der Waals surface area contributed by atoms with E-state index in [0.717, 1.165) is 16.7 Å². The van der Waals surface area contributed by atoms with Gasteiger partial charge in [0, 0.05) is 56.5 Å². The molecule has 2 fully saturated rings. The monoisotopic (exact) mass is 466 g/mol. The third kappa shape index (κ3) is 4.40. The maximum Gasteiger partial charge on any atom is 0.147 e. The summed E-state index contributed by atoms with van der Waals surface area (Å²) in [6.07, 6.45) is 1.92. The zero-order chi connectivity index (χ0) is 23.8. The lowest BCUT2D eigenvalue weighted by molar-refractivity contribution is -0.128. The van der Waals surface area contributed by atoms with Crippen LogP contribution in [-0.4, -0.2) is 95.0 Å². The van der Waals surface area contributed by atoms with Crippen molar-refractivity contribution in [1.29, 1.82) is 5.26 Å². The number of nitriles is 1. The molecule has 1 aromatic rings. The summed E-state index contributed by atoms with van der Waals surface area (Å²) in [6, 6.07) is 5.54. The van der Waals surface area contributed by atoms with Crippen molar-refractivity contribution in [2.45, 2.75) is 37.6 Å². The van der Waals surface area contributed by atoms with E-state index in [1.165, 1.54) is 6.20 Å². The lowest BCUT2D eigenvalue weighted by Crippen LogP contribution is -2.66. The lowest BCUT2D eigenvalue weighted by atomic mass is 9.77. The molecule has 0 spiro atoms. The van der Waals surface area contributed by atoms with Crippen LogP contribution in [0.4, 0.5) is 0 Å². The molecular formula is C25H30N4O5. The van der Waals surface area contributed by atoms with Crippen LogP contribution in [-0.2, 0) is 14.3 Å². The number of carbonyl (C=O) groups excluding carboxylic acids is 1. The van der Waals surface area contributed by atoms with Gasteiger partial charge in [-0.2, -0.15) is 5.26 Å². The molecule has 4 aliphatic rings. The molecular weight excluding hydrogens is 436 g/mol. The maximum absolute atomic E-state index is 12.8. The molecule has 0 radical (unpaired) electrons. The summed E-state index contributed by atoms with van der Waals surface area (Å²) < 4.78 is 11.2. The Morgan fingerprint density at radius 1 is 1.24 bits per heavy atom. The Labute approximate surface area is 198 Å². The van der Waals surface area contributed by atoms with E-state index in [-0.39, 0.29) is 17.9 Å². The molecule has 180 valence electrons. The highest BCUT2D eigenvalue weighted by atomic mass is 16.5. The Bertz CT molecular complexity index is 1030. The fraction of sp³-hybridized carbons (Fsp3) is 0.560. The molecule has 2 saturated heterocycles. The van der Waals surface area contributed by atoms with Crippen molar-refractivity contribution < 1.29 is 24.5 Å². The number of Topliss-reactive ketones (excluding diaryl/α,β-unsaturated/α-hetero) is 1. The summed E-state index contributed by atoms with van der Waals surface area (Å²) in [5.74, 6) is -0.446. The number of hydrogen-bond donors (Lipinski definition) is 2. The molecule has 0 amide bonds. The van der Waals surface area contributed by atoms with Crippen LogP contribution in [0.5, 0.6) is 0 Å². The van der Waals surface area contributed by atoms with Crippen molar-refractivity contribution in [1.82, 2.24) is 14.8 Å². The molecule has 0 aromatic carbocycles. The molecule has 2 bridgehead atoms. The third-order valence-electron chi connectivity index (χ3n) is 7.46. The highest BCUT2D eigenvalue weighted by molar-refractivity contribution is 5.90. The molecule has 4 unspecified atom stereocenters. The van der Waals surface area contributed by atoms with E-state index in [9.17, 15) is 15.0 Å². The van der Waals surface area contributed by atoms with Gasteiger partial charge in [-0.15, -0.1) is 0 Å². The van der Waals surface area contributed by atoms with Gasteiger partial charge in [0.15, 0.2) is 0 Å². The Kier molecular flexibility index (Phi) is 6.51. The summed E-state index contributed by atoms with van der Waals surface area (Å²) in [5, 5.41) is 30.8. The second-order valence-electron chi connectivity index (χ2n) is 9.66. The molecule has 9 nitrogen and oxygen atoms in total. The van der Waals surface area contributed by atoms with E-state index in [4.69, 9.17) is 14.7 Å². The average Bonchev–Trinajstić information content (AvgIpc) is 3.28. The van der Waals surface area contributed by atoms with Crippen LogP contribution < -0.4 is 0 Å². The predicted octanol–water partition coefficient (Wildman–Crippen LogP) is 0.552. The van der Waals surface area contributed by atoms with E-state index in [1.807, 2.05) is 13.0 Å². The summed E-state index contributed by atoms with van der Waals surface area (Å²) >= 11 is 0. The molecule has 0 saturated carbocycles. The van der Waals surface area contributed by atoms with Crippen molar-refractivity contribution in [2.75, 3.05) is 46.0 Å². The highest BCUT2D eigenvalue weighted by Crippen LogP contribution is 2.37. The number of ether oxygens (including phenoxy) is 2. The molecule has 1 aromatic heterocycles. The largest absolute Gasteiger partial charge is 0.496 e. The van der Waals surface area contributed by atoms with Crippen LogP contribution in [0.1, 0.15) is 30.7 Å². The maximum atomic E-state index is 12.8. The number of pyridine rings is 1. The molecule has 34 heavy (non-hydrogen) atoms. The van der Waals surface area contributed by atoms with Gasteiger partial charge in [0.2, 0.25) is 0 Å². The molecule has 4 heterocycles. The van der Waals surface area contributed by atoms with Gasteiger partial charge < -0.3 is 19.7 Å². The van der Waals surface area contributed by atoms with E-state index < -0.39 is 18.1 Å². The number of rotatable bonds is 6. The molecule has 5 atom stereocenters. The summed E-state index contributed by atoms with van der Waals surface area (Å²) in [4.78, 5) is 21.5. The van der Waals surface area contributed by atoms with Crippen LogP contribution in [0, 0.1) is 17.2 Å². The van der Waals surface area contributed by atoms with Crippen LogP contribution in [0.15, 0.2) is 41.3 Å². The number of hydrogen-bond acceptors (Lipinski definition) is 9. The van der Waals surface area contributed by atoms with Crippen molar-refractivity contribution in [3.05, 3.63) is 52.6 Å². The summed E-state index contributed by atoms with van der Waals surface area (Å²) in [7, 11) is 0. The molecule has 2 N–H and O–H groups in total. The number of fused-ring (bicyclic) bond motifs is 3. The topological polar surface area (TPSA) is 119 Å². The molecule has 5 rings (SSSR count). The first-order valence-electron chi connectivity index (χ1n) is 11.8. The lowest BCUT2D eigenvalue weighted by Gasteiger charge is -2.50. The van der Waals surface area contributed by atoms with Gasteiger partial charge in [-0.1, -0.05) is 5.57 Å². The Morgan fingerprint density at radius 2 is 2.00 bits per heavy atom. The van der Waals surface area contributed by atoms with Gasteiger partial charge >= 0.3 is 0 Å². The second kappa shape index (κ2) is 9.56. The van der Waals surface area contributed by atoms with Gasteiger partial charge in [-0.3, -0.25) is 19.6 Å². The smallest absolute Gasteiger partial charge is 0.147 e. The number of aliphatic hydroxyl groups is 2. The summed E-state index contributed by atoms with van der Waals surface area (Å²) in [6.45, 7) is 5.73. The minimum atomic E-state index is -0.774. The van der Waals surface area contributed by atoms with Crippen molar-refractivity contribution >= 4 is 5.78 Å². The van der Waals surface area contributed by atoms with E-state index in [0.29, 0.717) is 63.7 Å². The van der Waals surface area contributed by atoms with Crippen LogP contribution >= 0.6 is 0 Å². The Hall–Kier alpha value is -2.61. The minimum Gasteiger partial charge on any atom is -0.496 e. The first-order valence-corrected chi connectivity index (χ1v) is 11.8. The molecule has 3 aliphatic heterocycles. The minimum absolute atomic E-state index is 0.0469. The fourth-order valence-electron chi connectivity index (χ4n) is 5.73. The first kappa shape index (κ1) is 23.1. The van der Waals surface area contributed by atoms with Gasteiger partial charge in [-0.05, 0) is 24.6 Å². The Balaban J connectivity index is 1.23. The average molecular weight is 467 g/mol. The van der Waals surface area contributed by atoms with Crippen molar-refractivity contribution in [3.8, 4) is 6.07 Å². The van der Waals surface area contributed by atoms with E-state index in [2.05, 4.69) is 14.8 Å². The Morgan fingerprint density at radius 3 is 2.68 bits per heavy atom. The van der Waals surface area contributed by atoms with Gasteiger partial charge in [0.05, 0.1) is 42.8 Å². The van der Waals surface area contributed by atoms with Crippen molar-refractivity contribution in [3.63, 3.8) is 0 Å². The highest BCUT2D eigenvalue weighted by Gasteiger charge is 2.42. The van der Waals surface area contributed by atoms with E-state index >= 15 is 0 Å². The zero-order valence-corrected chi connectivity index (χ0v) is 19.3. The molecule has 9 heteroatoms. The predicted molar refractivity (Wildman–Crippen MR) is 121 cm³/mol. The van der Waals surface area contributed by atoms with Gasteiger partial charge in [0.25, 0.3) is 0 Å². The third-order valence-corrected chi connectivity index (χ3v) is 7.46.